The summed E-state index contributed by atoms with van der Waals surface area (Å²) in [4.78, 5) is 25.3. The van der Waals surface area contributed by atoms with Gasteiger partial charge in [0.15, 0.2) is 5.65 Å². The standard InChI is InChI=1S/C17H17N5O/c1-11-20-15-13(9-6-10-19-15)16(21-11)22-14(17(23)18-2)12-7-4-3-5-8-12/h3-10,14H,1-2H3,(H,18,23)(H,19,20,21,22)/t14-/m0/s1. The van der Waals surface area contributed by atoms with Crippen LogP contribution >= 0.6 is 0 Å². The molecule has 3 aromatic rings. The van der Waals surface area contributed by atoms with Crippen LogP contribution < -0.4 is 10.6 Å². The molecule has 0 bridgehead atoms. The molecule has 1 amide bonds. The van der Waals surface area contributed by atoms with Crippen LogP contribution in [0.3, 0.4) is 0 Å². The van der Waals surface area contributed by atoms with Crippen molar-refractivity contribution in [2.75, 3.05) is 12.4 Å². The van der Waals surface area contributed by atoms with Gasteiger partial charge in [0.1, 0.15) is 17.7 Å². The number of likely N-dealkylation sites (N-methyl/N-ethyl adjacent to an activating group) is 1. The quantitative estimate of drug-likeness (QED) is 0.772. The molecule has 1 atom stereocenters. The van der Waals surface area contributed by atoms with Crippen molar-refractivity contribution in [1.29, 1.82) is 0 Å². The minimum absolute atomic E-state index is 0.135. The van der Waals surface area contributed by atoms with E-state index < -0.39 is 6.04 Å². The van der Waals surface area contributed by atoms with E-state index in [1.54, 1.807) is 20.2 Å². The summed E-state index contributed by atoms with van der Waals surface area (Å²) in [6.07, 6.45) is 1.69. The summed E-state index contributed by atoms with van der Waals surface area (Å²) in [5.74, 6) is 1.06. The van der Waals surface area contributed by atoms with Gasteiger partial charge < -0.3 is 10.6 Å². The number of aryl methyl sites for hydroxylation is 1. The topological polar surface area (TPSA) is 79.8 Å². The van der Waals surface area contributed by atoms with E-state index in [2.05, 4.69) is 25.6 Å². The zero-order chi connectivity index (χ0) is 16.2. The molecule has 1 aromatic carbocycles. The average Bonchev–Trinajstić information content (AvgIpc) is 2.59. The Balaban J connectivity index is 2.05. The van der Waals surface area contributed by atoms with Crippen molar-refractivity contribution in [3.63, 3.8) is 0 Å². The molecule has 116 valence electrons. The Morgan fingerprint density at radius 2 is 1.87 bits per heavy atom. The number of aromatic nitrogens is 3. The van der Waals surface area contributed by atoms with Gasteiger partial charge >= 0.3 is 0 Å². The molecule has 0 saturated heterocycles. The van der Waals surface area contributed by atoms with Gasteiger partial charge in [0.2, 0.25) is 5.91 Å². The van der Waals surface area contributed by atoms with Crippen LogP contribution in [0, 0.1) is 6.92 Å². The zero-order valence-electron chi connectivity index (χ0n) is 12.9. The highest BCUT2D eigenvalue weighted by Crippen LogP contribution is 2.24. The minimum Gasteiger partial charge on any atom is -0.357 e. The van der Waals surface area contributed by atoms with Crippen LogP contribution in [0.4, 0.5) is 5.82 Å². The van der Waals surface area contributed by atoms with Crippen LogP contribution in [-0.4, -0.2) is 27.9 Å². The molecule has 0 unspecified atom stereocenters. The maximum atomic E-state index is 12.3. The minimum atomic E-state index is -0.543. The molecular weight excluding hydrogens is 290 g/mol. The lowest BCUT2D eigenvalue weighted by atomic mass is 10.1. The summed E-state index contributed by atoms with van der Waals surface area (Å²) in [7, 11) is 1.62. The Morgan fingerprint density at radius 1 is 1.09 bits per heavy atom. The first kappa shape index (κ1) is 14.9. The maximum absolute atomic E-state index is 12.3. The Hall–Kier alpha value is -3.02. The number of fused-ring (bicyclic) bond motifs is 1. The molecule has 0 saturated carbocycles. The molecule has 23 heavy (non-hydrogen) atoms. The molecule has 6 heteroatoms. The second-order valence-electron chi connectivity index (χ2n) is 5.10. The fraction of sp³-hybridized carbons (Fsp3) is 0.176. The highest BCUT2D eigenvalue weighted by Gasteiger charge is 2.21. The predicted octanol–water partition coefficient (Wildman–Crippen LogP) is 2.23. The lowest BCUT2D eigenvalue weighted by Crippen LogP contribution is -2.31. The zero-order valence-corrected chi connectivity index (χ0v) is 12.9. The molecule has 2 N–H and O–H groups in total. The predicted molar refractivity (Wildman–Crippen MR) is 88.9 cm³/mol. The summed E-state index contributed by atoms with van der Waals surface area (Å²) < 4.78 is 0. The van der Waals surface area contributed by atoms with Crippen molar-refractivity contribution in [1.82, 2.24) is 20.3 Å². The number of hydrogen-bond donors (Lipinski definition) is 2. The summed E-state index contributed by atoms with van der Waals surface area (Å²) in [5, 5.41) is 6.69. The molecule has 2 heterocycles. The first-order valence-corrected chi connectivity index (χ1v) is 7.31. The Bertz CT molecular complexity index is 835. The first-order chi connectivity index (χ1) is 11.2. The number of nitrogens with zero attached hydrogens (tertiary/aromatic N) is 3. The van der Waals surface area contributed by atoms with Crippen LogP contribution in [0.2, 0.25) is 0 Å². The van der Waals surface area contributed by atoms with E-state index in [1.807, 2.05) is 42.5 Å². The van der Waals surface area contributed by atoms with Gasteiger partial charge in [0.05, 0.1) is 5.39 Å². The Morgan fingerprint density at radius 3 is 2.61 bits per heavy atom. The number of benzene rings is 1. The monoisotopic (exact) mass is 307 g/mol. The lowest BCUT2D eigenvalue weighted by molar-refractivity contribution is -0.121. The molecule has 0 fully saturated rings. The van der Waals surface area contributed by atoms with E-state index in [0.29, 0.717) is 17.3 Å². The molecule has 0 radical (unpaired) electrons. The van der Waals surface area contributed by atoms with Crippen LogP contribution in [0.5, 0.6) is 0 Å². The van der Waals surface area contributed by atoms with E-state index in [9.17, 15) is 4.79 Å². The molecule has 0 aliphatic heterocycles. The highest BCUT2D eigenvalue weighted by molar-refractivity contribution is 5.91. The van der Waals surface area contributed by atoms with Crippen molar-refractivity contribution < 1.29 is 4.79 Å². The first-order valence-electron chi connectivity index (χ1n) is 7.31. The van der Waals surface area contributed by atoms with Crippen molar-refractivity contribution in [2.45, 2.75) is 13.0 Å². The molecule has 0 aliphatic carbocycles. The van der Waals surface area contributed by atoms with Gasteiger partial charge in [-0.2, -0.15) is 0 Å². The number of carbonyl (C=O) groups is 1. The third-order valence-corrected chi connectivity index (χ3v) is 3.51. The third-order valence-electron chi connectivity index (χ3n) is 3.51. The fourth-order valence-corrected chi connectivity index (χ4v) is 2.41. The van der Waals surface area contributed by atoms with Gasteiger partial charge in [-0.25, -0.2) is 15.0 Å². The maximum Gasteiger partial charge on any atom is 0.246 e. The second kappa shape index (κ2) is 6.39. The van der Waals surface area contributed by atoms with Crippen LogP contribution in [0.1, 0.15) is 17.4 Å². The van der Waals surface area contributed by atoms with Gasteiger partial charge in [-0.1, -0.05) is 30.3 Å². The van der Waals surface area contributed by atoms with E-state index in [4.69, 9.17) is 0 Å². The van der Waals surface area contributed by atoms with Gasteiger partial charge in [-0.05, 0) is 24.6 Å². The SMILES string of the molecule is CNC(=O)[C@@H](Nc1nc(C)nc2ncccc12)c1ccccc1. The largest absolute Gasteiger partial charge is 0.357 e. The van der Waals surface area contributed by atoms with Crippen LogP contribution in [-0.2, 0) is 4.79 Å². The summed E-state index contributed by atoms with van der Waals surface area (Å²) in [6, 6.07) is 12.7. The third kappa shape index (κ3) is 3.11. The van der Waals surface area contributed by atoms with Gasteiger partial charge in [-0.15, -0.1) is 0 Å². The summed E-state index contributed by atoms with van der Waals surface area (Å²) >= 11 is 0. The Labute approximate surface area is 134 Å². The molecular formula is C17H17N5O. The number of amides is 1. The van der Waals surface area contributed by atoms with Crippen molar-refractivity contribution >= 4 is 22.8 Å². The van der Waals surface area contributed by atoms with Crippen molar-refractivity contribution in [2.24, 2.45) is 0 Å². The number of nitrogens with one attached hydrogen (secondary N) is 2. The number of rotatable bonds is 4. The normalized spacial score (nSPS) is 11.9. The van der Waals surface area contributed by atoms with Gasteiger partial charge in [0.25, 0.3) is 0 Å². The van der Waals surface area contributed by atoms with E-state index >= 15 is 0 Å². The molecule has 6 nitrogen and oxygen atoms in total. The summed E-state index contributed by atoms with van der Waals surface area (Å²) in [6.45, 7) is 1.80. The number of pyridine rings is 1. The molecule has 0 aliphatic rings. The van der Waals surface area contributed by atoms with Crippen LogP contribution in [0.15, 0.2) is 48.7 Å². The number of carbonyl (C=O) groups excluding carboxylic acids is 1. The second-order valence-corrected chi connectivity index (χ2v) is 5.10. The highest BCUT2D eigenvalue weighted by atomic mass is 16.2. The van der Waals surface area contributed by atoms with Gasteiger partial charge in [0, 0.05) is 13.2 Å². The van der Waals surface area contributed by atoms with Gasteiger partial charge in [-0.3, -0.25) is 4.79 Å². The van der Waals surface area contributed by atoms with E-state index in [-0.39, 0.29) is 5.91 Å². The lowest BCUT2D eigenvalue weighted by Gasteiger charge is -2.19. The number of anilines is 1. The van der Waals surface area contributed by atoms with Crippen molar-refractivity contribution in [3.8, 4) is 0 Å². The molecule has 3 rings (SSSR count). The average molecular weight is 307 g/mol. The van der Waals surface area contributed by atoms with Crippen LogP contribution in [0.25, 0.3) is 11.0 Å². The number of hydrogen-bond acceptors (Lipinski definition) is 5. The van der Waals surface area contributed by atoms with E-state index in [1.165, 1.54) is 0 Å². The molecule has 0 spiro atoms. The fourth-order valence-electron chi connectivity index (χ4n) is 2.41. The Kier molecular flexibility index (Phi) is 4.14. The molecule has 2 aromatic heterocycles. The summed E-state index contributed by atoms with van der Waals surface area (Å²) in [5.41, 5.74) is 1.46. The van der Waals surface area contributed by atoms with Crippen molar-refractivity contribution in [3.05, 3.63) is 60.0 Å². The van der Waals surface area contributed by atoms with E-state index in [0.717, 1.165) is 10.9 Å². The smallest absolute Gasteiger partial charge is 0.246 e.